The first-order valence-corrected chi connectivity index (χ1v) is 11.4. The first-order chi connectivity index (χ1) is 13.9. The lowest BCUT2D eigenvalue weighted by Crippen LogP contribution is -2.18. The standard InChI is InChI=1S/C21H24N4O3S/c1-14(2)25-20-15(13-23-25)11-16(12-22-20)21(26)24-17-7-9-19(10-8-17)29(27,28)18-5-3-4-6-18/h7-14,18H,3-6H2,1-2H3,(H,24,26). The van der Waals surface area contributed by atoms with Crippen molar-refractivity contribution in [3.05, 3.63) is 48.3 Å². The molecule has 1 fully saturated rings. The number of hydrogen-bond donors (Lipinski definition) is 1. The van der Waals surface area contributed by atoms with Gasteiger partial charge >= 0.3 is 0 Å². The van der Waals surface area contributed by atoms with Crippen LogP contribution in [0.5, 0.6) is 0 Å². The lowest BCUT2D eigenvalue weighted by molar-refractivity contribution is 0.102. The van der Waals surface area contributed by atoms with Gasteiger partial charge in [-0.05, 0) is 57.0 Å². The van der Waals surface area contributed by atoms with E-state index >= 15 is 0 Å². The highest BCUT2D eigenvalue weighted by molar-refractivity contribution is 7.92. The van der Waals surface area contributed by atoms with Crippen LogP contribution >= 0.6 is 0 Å². The second-order valence-electron chi connectivity index (χ2n) is 7.75. The van der Waals surface area contributed by atoms with Crippen LogP contribution in [-0.4, -0.2) is 34.3 Å². The van der Waals surface area contributed by atoms with Crippen LogP contribution in [0.3, 0.4) is 0 Å². The zero-order valence-electron chi connectivity index (χ0n) is 16.5. The molecule has 1 amide bonds. The lowest BCUT2D eigenvalue weighted by Gasteiger charge is -2.12. The highest BCUT2D eigenvalue weighted by Crippen LogP contribution is 2.30. The van der Waals surface area contributed by atoms with Crippen molar-refractivity contribution in [3.8, 4) is 0 Å². The van der Waals surface area contributed by atoms with E-state index in [0.717, 1.165) is 36.7 Å². The summed E-state index contributed by atoms with van der Waals surface area (Å²) in [6.45, 7) is 4.04. The molecule has 1 aromatic carbocycles. The van der Waals surface area contributed by atoms with Crippen molar-refractivity contribution in [3.63, 3.8) is 0 Å². The number of benzene rings is 1. The topological polar surface area (TPSA) is 94.0 Å². The molecular formula is C21H24N4O3S. The van der Waals surface area contributed by atoms with Gasteiger partial charge in [-0.3, -0.25) is 4.79 Å². The first kappa shape index (κ1) is 19.6. The van der Waals surface area contributed by atoms with Crippen molar-refractivity contribution in [1.82, 2.24) is 14.8 Å². The minimum atomic E-state index is -3.30. The number of pyridine rings is 1. The quantitative estimate of drug-likeness (QED) is 0.684. The molecule has 0 bridgehead atoms. The third-order valence-corrected chi connectivity index (χ3v) is 7.64. The van der Waals surface area contributed by atoms with Crippen LogP contribution < -0.4 is 5.32 Å². The van der Waals surface area contributed by atoms with Gasteiger partial charge in [0.25, 0.3) is 5.91 Å². The molecule has 152 valence electrons. The fourth-order valence-electron chi connectivity index (χ4n) is 3.76. The van der Waals surface area contributed by atoms with Crippen LogP contribution in [0.25, 0.3) is 11.0 Å². The maximum Gasteiger partial charge on any atom is 0.257 e. The molecule has 0 saturated heterocycles. The third kappa shape index (κ3) is 3.76. The average Bonchev–Trinajstić information content (AvgIpc) is 3.38. The van der Waals surface area contributed by atoms with Crippen molar-refractivity contribution in [2.45, 2.75) is 55.7 Å². The second kappa shape index (κ2) is 7.59. The predicted octanol–water partition coefficient (Wildman–Crippen LogP) is 3.98. The van der Waals surface area contributed by atoms with E-state index in [1.54, 1.807) is 41.2 Å². The van der Waals surface area contributed by atoms with E-state index in [1.165, 1.54) is 6.20 Å². The van der Waals surface area contributed by atoms with Gasteiger partial charge in [-0.2, -0.15) is 5.10 Å². The van der Waals surface area contributed by atoms with Gasteiger partial charge in [0, 0.05) is 23.3 Å². The van der Waals surface area contributed by atoms with Crippen molar-refractivity contribution in [2.24, 2.45) is 0 Å². The van der Waals surface area contributed by atoms with E-state index < -0.39 is 9.84 Å². The smallest absolute Gasteiger partial charge is 0.257 e. The highest BCUT2D eigenvalue weighted by atomic mass is 32.2. The fraction of sp³-hybridized carbons (Fsp3) is 0.381. The normalized spacial score (nSPS) is 15.3. The van der Waals surface area contributed by atoms with Gasteiger partial charge in [-0.25, -0.2) is 18.1 Å². The van der Waals surface area contributed by atoms with Crippen molar-refractivity contribution in [1.29, 1.82) is 0 Å². The Balaban J connectivity index is 1.50. The number of fused-ring (bicyclic) bond motifs is 1. The minimum Gasteiger partial charge on any atom is -0.322 e. The first-order valence-electron chi connectivity index (χ1n) is 9.85. The largest absolute Gasteiger partial charge is 0.322 e. The summed E-state index contributed by atoms with van der Waals surface area (Å²) >= 11 is 0. The summed E-state index contributed by atoms with van der Waals surface area (Å²) in [6, 6.07) is 8.32. The molecule has 0 aliphatic heterocycles. The number of nitrogens with one attached hydrogen (secondary N) is 1. The minimum absolute atomic E-state index is 0.179. The average molecular weight is 413 g/mol. The Morgan fingerprint density at radius 3 is 2.48 bits per heavy atom. The summed E-state index contributed by atoms with van der Waals surface area (Å²) in [5.74, 6) is -0.303. The molecule has 4 rings (SSSR count). The maximum absolute atomic E-state index is 12.7. The molecule has 1 N–H and O–H groups in total. The summed E-state index contributed by atoms with van der Waals surface area (Å²) < 4.78 is 27.1. The van der Waals surface area contributed by atoms with E-state index in [2.05, 4.69) is 15.4 Å². The Morgan fingerprint density at radius 1 is 1.14 bits per heavy atom. The van der Waals surface area contributed by atoms with E-state index in [9.17, 15) is 13.2 Å². The number of nitrogens with zero attached hydrogens (tertiary/aromatic N) is 3. The van der Waals surface area contributed by atoms with Crippen LogP contribution in [0.4, 0.5) is 5.69 Å². The van der Waals surface area contributed by atoms with Gasteiger partial charge in [-0.15, -0.1) is 0 Å². The second-order valence-corrected chi connectivity index (χ2v) is 9.98. The molecule has 0 unspecified atom stereocenters. The molecule has 3 aromatic rings. The fourth-order valence-corrected chi connectivity index (χ4v) is 5.62. The molecule has 7 nitrogen and oxygen atoms in total. The van der Waals surface area contributed by atoms with Crippen molar-refractivity contribution < 1.29 is 13.2 Å². The number of anilines is 1. The number of amides is 1. The molecule has 8 heteroatoms. The molecule has 1 aliphatic carbocycles. The number of carbonyl (C=O) groups is 1. The van der Waals surface area contributed by atoms with Crippen molar-refractivity contribution in [2.75, 3.05) is 5.32 Å². The van der Waals surface area contributed by atoms with Gasteiger partial charge in [-0.1, -0.05) is 12.8 Å². The summed E-state index contributed by atoms with van der Waals surface area (Å²) in [6.07, 6.45) is 6.60. The molecule has 29 heavy (non-hydrogen) atoms. The van der Waals surface area contributed by atoms with E-state index in [-0.39, 0.29) is 17.2 Å². The lowest BCUT2D eigenvalue weighted by atomic mass is 10.2. The van der Waals surface area contributed by atoms with Crippen LogP contribution in [0.1, 0.15) is 55.9 Å². The van der Waals surface area contributed by atoms with Gasteiger partial charge < -0.3 is 5.32 Å². The van der Waals surface area contributed by atoms with Gasteiger partial charge in [0.2, 0.25) is 0 Å². The highest BCUT2D eigenvalue weighted by Gasteiger charge is 2.30. The molecule has 1 aliphatic rings. The zero-order valence-corrected chi connectivity index (χ0v) is 17.3. The molecule has 1 saturated carbocycles. The van der Waals surface area contributed by atoms with E-state index in [0.29, 0.717) is 16.1 Å². The number of aromatic nitrogens is 3. The number of hydrogen-bond acceptors (Lipinski definition) is 5. The maximum atomic E-state index is 12.7. The Labute approximate surface area is 170 Å². The summed E-state index contributed by atoms with van der Waals surface area (Å²) in [7, 11) is -3.30. The molecule has 0 spiro atoms. The molecule has 2 aromatic heterocycles. The molecule has 0 atom stereocenters. The number of carbonyl (C=O) groups excluding carboxylic acids is 1. The van der Waals surface area contributed by atoms with E-state index in [1.807, 2.05) is 13.8 Å². The Kier molecular flexibility index (Phi) is 5.12. The monoisotopic (exact) mass is 412 g/mol. The summed E-state index contributed by atoms with van der Waals surface area (Å²) in [4.78, 5) is 17.3. The van der Waals surface area contributed by atoms with Gasteiger partial charge in [0.05, 0.1) is 21.9 Å². The van der Waals surface area contributed by atoms with Crippen LogP contribution in [0.2, 0.25) is 0 Å². The molecular weight excluding hydrogens is 388 g/mol. The Hall–Kier alpha value is -2.74. The summed E-state index contributed by atoms with van der Waals surface area (Å²) in [5.41, 5.74) is 1.69. The zero-order chi connectivity index (χ0) is 20.6. The predicted molar refractivity (Wildman–Crippen MR) is 112 cm³/mol. The Morgan fingerprint density at radius 2 is 1.83 bits per heavy atom. The van der Waals surface area contributed by atoms with Crippen LogP contribution in [0.15, 0.2) is 47.6 Å². The van der Waals surface area contributed by atoms with Gasteiger partial charge in [0.1, 0.15) is 0 Å². The molecule has 0 radical (unpaired) electrons. The van der Waals surface area contributed by atoms with Crippen LogP contribution in [-0.2, 0) is 9.84 Å². The SMILES string of the molecule is CC(C)n1ncc2cc(C(=O)Nc3ccc(S(=O)(=O)C4CCCC4)cc3)cnc21. The van der Waals surface area contributed by atoms with Crippen molar-refractivity contribution >= 4 is 32.5 Å². The number of rotatable bonds is 5. The van der Waals surface area contributed by atoms with Crippen LogP contribution in [0, 0.1) is 0 Å². The third-order valence-electron chi connectivity index (χ3n) is 5.37. The number of sulfone groups is 1. The summed E-state index contributed by atoms with van der Waals surface area (Å²) in [5, 5.41) is 7.62. The molecule has 2 heterocycles. The van der Waals surface area contributed by atoms with E-state index in [4.69, 9.17) is 0 Å². The Bertz CT molecular complexity index is 1140. The van der Waals surface area contributed by atoms with Gasteiger partial charge in [0.15, 0.2) is 15.5 Å².